The maximum absolute atomic E-state index is 12.2. The van der Waals surface area contributed by atoms with Crippen LogP contribution in [0.3, 0.4) is 0 Å². The number of carboxylic acid groups (broad SMARTS) is 1. The molecule has 2 N–H and O–H groups in total. The number of nitrogens with one attached hydrogen (secondary N) is 1. The summed E-state index contributed by atoms with van der Waals surface area (Å²) in [6.07, 6.45) is 19.1. The lowest BCUT2D eigenvalue weighted by Crippen LogP contribution is -2.41. The molecule has 0 spiro atoms. The van der Waals surface area contributed by atoms with E-state index in [-0.39, 0.29) is 16.8 Å². The van der Waals surface area contributed by atoms with Gasteiger partial charge >= 0.3 is 5.97 Å². The molecule has 0 radical (unpaired) electrons. The van der Waals surface area contributed by atoms with Gasteiger partial charge in [-0.3, -0.25) is 4.79 Å². The third-order valence-corrected chi connectivity index (χ3v) is 8.11. The molecule has 0 saturated heterocycles. The number of hydrogen-bond donors (Lipinski definition) is 2. The van der Waals surface area contributed by atoms with Crippen LogP contribution in [-0.4, -0.2) is 40.8 Å². The third kappa shape index (κ3) is 16.7. The van der Waals surface area contributed by atoms with E-state index < -0.39 is 12.0 Å². The molecule has 33 heavy (non-hydrogen) atoms. The minimum absolute atomic E-state index is 0.113. The van der Waals surface area contributed by atoms with Gasteiger partial charge in [-0.1, -0.05) is 101 Å². The standard InChI is InChI=1S/C28H47NO3S/c1-3-4-5-6-7-8-9-10-11-12-16-21-27(30)29-26(28(31)32)22-24-33(2)23-17-20-25-18-14-13-15-19-25/h13-15,18-19,26H,3-12,16-17,20-24H2,1-2H3,(H-,29,30,31,32)/p+1/t26-,33?/m1/s1. The topological polar surface area (TPSA) is 66.4 Å². The van der Waals surface area contributed by atoms with Crippen LogP contribution in [0.25, 0.3) is 0 Å². The zero-order chi connectivity index (χ0) is 24.2. The maximum Gasteiger partial charge on any atom is 0.326 e. The SMILES string of the molecule is CCCCCCCCCCCCCC(=O)N[C@H](CC[S+](C)CCCc1ccccc1)C(=O)O. The molecular formula is C28H48NO3S+. The normalized spacial score (nSPS) is 12.9. The number of hydrogen-bond acceptors (Lipinski definition) is 2. The average Bonchev–Trinajstić information content (AvgIpc) is 2.80. The zero-order valence-electron chi connectivity index (χ0n) is 21.2. The van der Waals surface area contributed by atoms with Gasteiger partial charge in [0.25, 0.3) is 0 Å². The zero-order valence-corrected chi connectivity index (χ0v) is 22.0. The number of aryl methyl sites for hydroxylation is 1. The summed E-state index contributed by atoms with van der Waals surface area (Å²) in [5.74, 6) is 0.931. The summed E-state index contributed by atoms with van der Waals surface area (Å²) in [6, 6.07) is 9.72. The highest BCUT2D eigenvalue weighted by Gasteiger charge is 2.23. The predicted octanol–water partition coefficient (Wildman–Crippen LogP) is 6.53. The fourth-order valence-corrected chi connectivity index (χ4v) is 5.54. The molecule has 4 nitrogen and oxygen atoms in total. The summed E-state index contributed by atoms with van der Waals surface area (Å²) < 4.78 is 0. The number of benzene rings is 1. The minimum Gasteiger partial charge on any atom is -0.480 e. The summed E-state index contributed by atoms with van der Waals surface area (Å²) >= 11 is 0. The summed E-state index contributed by atoms with van der Waals surface area (Å²) in [5.41, 5.74) is 1.35. The monoisotopic (exact) mass is 478 g/mol. The Balaban J connectivity index is 2.08. The van der Waals surface area contributed by atoms with Crippen molar-refractivity contribution in [1.82, 2.24) is 5.32 Å². The predicted molar refractivity (Wildman–Crippen MR) is 143 cm³/mol. The fraction of sp³-hybridized carbons (Fsp3) is 0.714. The number of carboxylic acids is 1. The van der Waals surface area contributed by atoms with Crippen molar-refractivity contribution < 1.29 is 14.7 Å². The Hall–Kier alpha value is -1.49. The summed E-state index contributed by atoms with van der Waals surface area (Å²) in [5, 5.41) is 12.3. The fourth-order valence-electron chi connectivity index (χ4n) is 4.06. The lowest BCUT2D eigenvalue weighted by atomic mass is 10.1. The van der Waals surface area contributed by atoms with Gasteiger partial charge in [-0.25, -0.2) is 4.79 Å². The van der Waals surface area contributed by atoms with Gasteiger partial charge in [0.2, 0.25) is 5.91 Å². The molecule has 188 valence electrons. The van der Waals surface area contributed by atoms with Crippen LogP contribution in [0.5, 0.6) is 0 Å². The van der Waals surface area contributed by atoms with Crippen molar-refractivity contribution in [2.45, 2.75) is 109 Å². The number of carbonyl (C=O) groups excluding carboxylic acids is 1. The molecule has 5 heteroatoms. The minimum atomic E-state index is -0.913. The highest BCUT2D eigenvalue weighted by molar-refractivity contribution is 7.96. The number of aliphatic carboxylic acids is 1. The molecule has 1 rings (SSSR count). The van der Waals surface area contributed by atoms with Crippen molar-refractivity contribution in [2.75, 3.05) is 17.8 Å². The lowest BCUT2D eigenvalue weighted by molar-refractivity contribution is -0.141. The Morgan fingerprint density at radius 3 is 2.00 bits per heavy atom. The summed E-state index contributed by atoms with van der Waals surface area (Å²) in [4.78, 5) is 23.8. The third-order valence-electron chi connectivity index (χ3n) is 6.20. The molecule has 1 aromatic rings. The van der Waals surface area contributed by atoms with E-state index in [0.717, 1.165) is 37.2 Å². The first kappa shape index (κ1) is 29.5. The molecule has 2 atom stereocenters. The van der Waals surface area contributed by atoms with Gasteiger partial charge < -0.3 is 10.4 Å². The van der Waals surface area contributed by atoms with Gasteiger partial charge in [-0.15, -0.1) is 0 Å². The Kier molecular flexibility index (Phi) is 17.8. The highest BCUT2D eigenvalue weighted by atomic mass is 32.2. The molecule has 0 aliphatic heterocycles. The summed E-state index contributed by atoms with van der Waals surface area (Å²) in [7, 11) is 0.176. The average molecular weight is 479 g/mol. The lowest BCUT2D eigenvalue weighted by Gasteiger charge is -2.14. The van der Waals surface area contributed by atoms with Crippen LogP contribution < -0.4 is 5.32 Å². The molecule has 1 unspecified atom stereocenters. The van der Waals surface area contributed by atoms with Crippen molar-refractivity contribution in [3.63, 3.8) is 0 Å². The van der Waals surface area contributed by atoms with Crippen LogP contribution in [0.15, 0.2) is 30.3 Å². The van der Waals surface area contributed by atoms with Crippen molar-refractivity contribution in [3.05, 3.63) is 35.9 Å². The molecule has 0 aliphatic rings. The van der Waals surface area contributed by atoms with Gasteiger partial charge in [0.15, 0.2) is 0 Å². The first-order chi connectivity index (χ1) is 16.0. The van der Waals surface area contributed by atoms with E-state index in [2.05, 4.69) is 42.8 Å². The second-order valence-electron chi connectivity index (χ2n) is 9.31. The van der Waals surface area contributed by atoms with Gasteiger partial charge in [-0.2, -0.15) is 0 Å². The van der Waals surface area contributed by atoms with Crippen LogP contribution in [0.4, 0.5) is 0 Å². The van der Waals surface area contributed by atoms with E-state index in [1.165, 1.54) is 63.4 Å². The molecule has 0 fully saturated rings. The Morgan fingerprint density at radius 2 is 1.42 bits per heavy atom. The number of carbonyl (C=O) groups is 2. The van der Waals surface area contributed by atoms with Crippen LogP contribution in [-0.2, 0) is 26.9 Å². The van der Waals surface area contributed by atoms with Crippen molar-refractivity contribution >= 4 is 22.8 Å². The van der Waals surface area contributed by atoms with Gasteiger partial charge in [0.1, 0.15) is 17.5 Å². The molecule has 0 saturated carbocycles. The summed E-state index contributed by atoms with van der Waals surface area (Å²) in [6.45, 7) is 2.25. The van der Waals surface area contributed by atoms with Gasteiger partial charge in [0, 0.05) is 12.8 Å². The van der Waals surface area contributed by atoms with Crippen molar-refractivity contribution in [1.29, 1.82) is 0 Å². The second kappa shape index (κ2) is 19.9. The van der Waals surface area contributed by atoms with Gasteiger partial charge in [0.05, 0.1) is 6.26 Å². The van der Waals surface area contributed by atoms with E-state index in [0.29, 0.717) is 12.8 Å². The van der Waals surface area contributed by atoms with Crippen LogP contribution >= 0.6 is 0 Å². The number of amides is 1. The molecule has 0 heterocycles. The molecule has 0 aromatic heterocycles. The van der Waals surface area contributed by atoms with Crippen LogP contribution in [0, 0.1) is 0 Å². The van der Waals surface area contributed by atoms with Crippen molar-refractivity contribution in [2.24, 2.45) is 0 Å². The Bertz CT molecular complexity index is 623. The highest BCUT2D eigenvalue weighted by Crippen LogP contribution is 2.12. The van der Waals surface area contributed by atoms with Gasteiger partial charge in [-0.05, 0) is 35.7 Å². The van der Waals surface area contributed by atoms with Crippen LogP contribution in [0.1, 0.15) is 102 Å². The van der Waals surface area contributed by atoms with Crippen LogP contribution in [0.2, 0.25) is 0 Å². The molecule has 0 aliphatic carbocycles. The molecule has 1 amide bonds. The quantitative estimate of drug-likeness (QED) is 0.156. The Labute approximate surface area is 205 Å². The smallest absolute Gasteiger partial charge is 0.326 e. The first-order valence-electron chi connectivity index (χ1n) is 13.2. The number of rotatable bonds is 21. The van der Waals surface area contributed by atoms with E-state index >= 15 is 0 Å². The second-order valence-corrected chi connectivity index (χ2v) is 11.7. The Morgan fingerprint density at radius 1 is 0.848 bits per heavy atom. The van der Waals surface area contributed by atoms with E-state index in [9.17, 15) is 14.7 Å². The first-order valence-corrected chi connectivity index (χ1v) is 15.1. The van der Waals surface area contributed by atoms with E-state index in [1.54, 1.807) is 0 Å². The molecule has 1 aromatic carbocycles. The van der Waals surface area contributed by atoms with E-state index in [4.69, 9.17) is 0 Å². The maximum atomic E-state index is 12.2. The largest absolute Gasteiger partial charge is 0.480 e. The van der Waals surface area contributed by atoms with E-state index in [1.807, 2.05) is 6.07 Å². The number of unbranched alkanes of at least 4 members (excludes halogenated alkanes) is 10. The van der Waals surface area contributed by atoms with Crippen molar-refractivity contribution in [3.8, 4) is 0 Å². The molecular weight excluding hydrogens is 430 g/mol. The molecule has 0 bridgehead atoms.